The first-order valence-electron chi connectivity index (χ1n) is 8.81. The van der Waals surface area contributed by atoms with Crippen molar-refractivity contribution in [1.29, 1.82) is 0 Å². The third kappa shape index (κ3) is 5.24. The summed E-state index contributed by atoms with van der Waals surface area (Å²) in [5, 5.41) is 0. The Morgan fingerprint density at radius 1 is 0.667 bits per heavy atom. The molecule has 0 aliphatic rings. The quantitative estimate of drug-likeness (QED) is 0.406. The molecule has 0 saturated heterocycles. The highest BCUT2D eigenvalue weighted by atomic mass is 15.3. The van der Waals surface area contributed by atoms with E-state index in [9.17, 15) is 0 Å². The Morgan fingerprint density at radius 3 is 1.46 bits per heavy atom. The fourth-order valence-electron chi connectivity index (χ4n) is 2.55. The van der Waals surface area contributed by atoms with E-state index >= 15 is 0 Å². The molecule has 0 atom stereocenters. The van der Waals surface area contributed by atoms with Gasteiger partial charge >= 0.3 is 0 Å². The van der Waals surface area contributed by atoms with Crippen molar-refractivity contribution in [3.8, 4) is 0 Å². The standard InChI is InChI=1S/C22H30BN/c1-23(2,3)21-15-11-19(12-16-21)9-7-8-10-20-13-17-22(18-14-20)24(4,5)6/h7-18H,1-6H3/b9-7+,10-8+. The summed E-state index contributed by atoms with van der Waals surface area (Å²) >= 11 is 0. The van der Waals surface area contributed by atoms with Crippen molar-refractivity contribution in [2.45, 2.75) is 20.5 Å². The van der Waals surface area contributed by atoms with Crippen LogP contribution in [0.3, 0.4) is 0 Å². The molecule has 0 N–H and O–H groups in total. The van der Waals surface area contributed by atoms with Crippen LogP contribution in [-0.2, 0) is 0 Å². The fourth-order valence-corrected chi connectivity index (χ4v) is 2.55. The van der Waals surface area contributed by atoms with E-state index in [1.807, 2.05) is 0 Å². The predicted octanol–water partition coefficient (Wildman–Crippen LogP) is 5.16. The zero-order valence-electron chi connectivity index (χ0n) is 16.0. The SMILES string of the molecule is C[B-](C)(C)c1ccc(/C=C/C=C/c2ccc([N+](C)(C)C)cc2)cc1. The van der Waals surface area contributed by atoms with Crippen molar-refractivity contribution in [2.24, 2.45) is 0 Å². The summed E-state index contributed by atoms with van der Waals surface area (Å²) in [5.41, 5.74) is 5.20. The van der Waals surface area contributed by atoms with E-state index < -0.39 is 6.15 Å². The Morgan fingerprint density at radius 2 is 1.08 bits per heavy atom. The minimum Gasteiger partial charge on any atom is -0.298 e. The number of rotatable bonds is 5. The molecule has 1 nitrogen and oxygen atoms in total. The van der Waals surface area contributed by atoms with Crippen molar-refractivity contribution in [2.75, 3.05) is 21.1 Å². The van der Waals surface area contributed by atoms with Gasteiger partial charge in [0.25, 0.3) is 0 Å². The Hall–Kier alpha value is -2.06. The molecule has 24 heavy (non-hydrogen) atoms. The molecule has 126 valence electrons. The highest BCUT2D eigenvalue weighted by Crippen LogP contribution is 2.17. The van der Waals surface area contributed by atoms with E-state index in [1.165, 1.54) is 22.3 Å². The van der Waals surface area contributed by atoms with Gasteiger partial charge in [-0.1, -0.05) is 48.6 Å². The number of hydrogen-bond donors (Lipinski definition) is 0. The van der Waals surface area contributed by atoms with Crippen LogP contribution in [0.1, 0.15) is 11.1 Å². The van der Waals surface area contributed by atoms with E-state index in [0.717, 1.165) is 4.48 Å². The normalized spacial score (nSPS) is 13.1. The van der Waals surface area contributed by atoms with Crippen molar-refractivity contribution >= 4 is 29.4 Å². The molecule has 0 saturated carbocycles. The van der Waals surface area contributed by atoms with Gasteiger partial charge in [0.1, 0.15) is 5.69 Å². The number of benzene rings is 2. The minimum atomic E-state index is -0.424. The maximum absolute atomic E-state index is 2.30. The summed E-state index contributed by atoms with van der Waals surface area (Å²) in [5.74, 6) is 0. The van der Waals surface area contributed by atoms with Crippen LogP contribution in [0.5, 0.6) is 0 Å². The summed E-state index contributed by atoms with van der Waals surface area (Å²) in [4.78, 5) is 0. The van der Waals surface area contributed by atoms with Gasteiger partial charge in [0, 0.05) is 6.15 Å². The zero-order chi connectivity index (χ0) is 17.8. The minimum absolute atomic E-state index is 0.424. The van der Waals surface area contributed by atoms with Gasteiger partial charge in [0.15, 0.2) is 0 Å². The van der Waals surface area contributed by atoms with Gasteiger partial charge in [-0.2, -0.15) is 20.5 Å². The van der Waals surface area contributed by atoms with Gasteiger partial charge in [-0.3, -0.25) is 4.48 Å². The van der Waals surface area contributed by atoms with Crippen molar-refractivity contribution < 1.29 is 0 Å². The third-order valence-electron chi connectivity index (χ3n) is 4.29. The average Bonchev–Trinajstić information content (AvgIpc) is 2.51. The van der Waals surface area contributed by atoms with Crippen LogP contribution in [0.4, 0.5) is 5.69 Å². The van der Waals surface area contributed by atoms with Crippen LogP contribution >= 0.6 is 0 Å². The lowest BCUT2D eigenvalue weighted by Gasteiger charge is -2.24. The van der Waals surface area contributed by atoms with Gasteiger partial charge in [-0.25, -0.2) is 5.46 Å². The molecule has 2 aromatic carbocycles. The van der Waals surface area contributed by atoms with Gasteiger partial charge in [0.05, 0.1) is 21.1 Å². The molecule has 2 aromatic rings. The predicted molar refractivity (Wildman–Crippen MR) is 113 cm³/mol. The van der Waals surface area contributed by atoms with E-state index in [2.05, 4.69) is 114 Å². The summed E-state index contributed by atoms with van der Waals surface area (Å²) in [6, 6.07) is 17.6. The first-order valence-corrected chi connectivity index (χ1v) is 8.81. The van der Waals surface area contributed by atoms with E-state index in [1.54, 1.807) is 0 Å². The second kappa shape index (κ2) is 7.23. The average molecular weight is 319 g/mol. The molecule has 0 spiro atoms. The maximum atomic E-state index is 2.30. The van der Waals surface area contributed by atoms with Crippen molar-refractivity contribution in [3.63, 3.8) is 0 Å². The van der Waals surface area contributed by atoms with Crippen LogP contribution in [0, 0.1) is 0 Å². The monoisotopic (exact) mass is 319 g/mol. The summed E-state index contributed by atoms with van der Waals surface area (Å²) < 4.78 is 0.843. The zero-order valence-corrected chi connectivity index (χ0v) is 16.0. The van der Waals surface area contributed by atoms with Gasteiger partial charge < -0.3 is 0 Å². The first-order chi connectivity index (χ1) is 11.2. The van der Waals surface area contributed by atoms with Gasteiger partial charge in [-0.05, 0) is 35.4 Å². The van der Waals surface area contributed by atoms with Crippen LogP contribution in [0.25, 0.3) is 12.2 Å². The van der Waals surface area contributed by atoms with E-state index in [-0.39, 0.29) is 0 Å². The smallest absolute Gasteiger partial charge is 0.132 e. The topological polar surface area (TPSA) is 0 Å². The molecular weight excluding hydrogens is 289 g/mol. The van der Waals surface area contributed by atoms with E-state index in [0.29, 0.717) is 0 Å². The second-order valence-corrected chi connectivity index (χ2v) is 8.59. The largest absolute Gasteiger partial charge is 0.298 e. The van der Waals surface area contributed by atoms with Crippen LogP contribution in [0.15, 0.2) is 60.7 Å². The Kier molecular flexibility index (Phi) is 5.51. The third-order valence-corrected chi connectivity index (χ3v) is 4.29. The number of allylic oxidation sites excluding steroid dienone is 2. The molecule has 0 aromatic heterocycles. The molecule has 0 heterocycles. The van der Waals surface area contributed by atoms with Crippen LogP contribution in [-0.4, -0.2) is 27.3 Å². The number of nitrogens with zero attached hydrogens (tertiary/aromatic N) is 1. The first kappa shape index (κ1) is 18.3. The molecular formula is C22H30BN. The molecule has 0 bridgehead atoms. The van der Waals surface area contributed by atoms with Crippen molar-refractivity contribution in [1.82, 2.24) is 4.48 Å². The lowest BCUT2D eigenvalue weighted by atomic mass is 9.27. The molecule has 0 amide bonds. The highest BCUT2D eigenvalue weighted by molar-refractivity contribution is 6.88. The summed E-state index contributed by atoms with van der Waals surface area (Å²) in [7, 11) is 6.54. The number of hydrogen-bond acceptors (Lipinski definition) is 0. The highest BCUT2D eigenvalue weighted by Gasteiger charge is 2.10. The Labute approximate surface area is 147 Å². The van der Waals surface area contributed by atoms with Crippen LogP contribution < -0.4 is 9.95 Å². The Balaban J connectivity index is 1.99. The second-order valence-electron chi connectivity index (χ2n) is 8.59. The molecule has 2 heteroatoms. The molecule has 0 aliphatic heterocycles. The fraction of sp³-hybridized carbons (Fsp3) is 0.273. The van der Waals surface area contributed by atoms with Gasteiger partial charge in [0.2, 0.25) is 0 Å². The molecule has 0 unspecified atom stereocenters. The lowest BCUT2D eigenvalue weighted by Crippen LogP contribution is -2.37. The number of quaternary nitrogens is 1. The molecule has 2 rings (SSSR count). The van der Waals surface area contributed by atoms with Crippen molar-refractivity contribution in [3.05, 3.63) is 71.8 Å². The summed E-state index contributed by atoms with van der Waals surface area (Å²) in [6.45, 7) is 6.91. The molecule has 0 aliphatic carbocycles. The lowest BCUT2D eigenvalue weighted by molar-refractivity contribution is 0.486. The maximum Gasteiger partial charge on any atom is 0.132 e. The van der Waals surface area contributed by atoms with Gasteiger partial charge in [-0.15, -0.1) is 0 Å². The van der Waals surface area contributed by atoms with Crippen LogP contribution in [0.2, 0.25) is 20.5 Å². The molecule has 0 fully saturated rings. The molecule has 0 radical (unpaired) electrons. The Bertz CT molecular complexity index is 643. The van der Waals surface area contributed by atoms with E-state index in [4.69, 9.17) is 0 Å². The summed E-state index contributed by atoms with van der Waals surface area (Å²) in [6.07, 6.45) is 8.07.